The molecule has 0 radical (unpaired) electrons. The number of aryl methyl sites for hydroxylation is 1. The SMILES string of the molecule is Cc1ccc(S(O)(O)N=C2CCCC2)cc1. The molecule has 0 bridgehead atoms. The standard InChI is InChI=1S/C12H17NO2S/c1-10-6-8-12(9-7-10)16(14,15)13-11-4-2-3-5-11/h6-9,14-15H,2-5H2,1H3. The van der Waals surface area contributed by atoms with Crippen molar-refractivity contribution in [3.05, 3.63) is 29.8 Å². The predicted octanol–water partition coefficient (Wildman–Crippen LogP) is 4.03. The van der Waals surface area contributed by atoms with Gasteiger partial charge >= 0.3 is 0 Å². The van der Waals surface area contributed by atoms with E-state index in [2.05, 4.69) is 4.40 Å². The molecule has 4 heteroatoms. The van der Waals surface area contributed by atoms with Crippen LogP contribution in [0.1, 0.15) is 31.2 Å². The van der Waals surface area contributed by atoms with Gasteiger partial charge in [-0.15, -0.1) is 0 Å². The summed E-state index contributed by atoms with van der Waals surface area (Å²) in [4.78, 5) is 0.512. The molecule has 3 nitrogen and oxygen atoms in total. The summed E-state index contributed by atoms with van der Waals surface area (Å²) in [5.41, 5.74) is 2.05. The van der Waals surface area contributed by atoms with Crippen molar-refractivity contribution < 1.29 is 9.11 Å². The van der Waals surface area contributed by atoms with Crippen molar-refractivity contribution in [1.82, 2.24) is 0 Å². The summed E-state index contributed by atoms with van der Waals surface area (Å²) >= 11 is 0. The van der Waals surface area contributed by atoms with Gasteiger partial charge in [-0.3, -0.25) is 9.11 Å². The van der Waals surface area contributed by atoms with Gasteiger partial charge in [-0.25, -0.2) is 0 Å². The highest BCUT2D eigenvalue weighted by molar-refractivity contribution is 8.23. The van der Waals surface area contributed by atoms with Gasteiger partial charge in [-0.05, 0) is 44.7 Å². The van der Waals surface area contributed by atoms with E-state index in [9.17, 15) is 9.11 Å². The maximum atomic E-state index is 9.99. The highest BCUT2D eigenvalue weighted by Gasteiger charge is 2.17. The third-order valence-electron chi connectivity index (χ3n) is 2.77. The summed E-state index contributed by atoms with van der Waals surface area (Å²) in [7, 11) is -2.97. The monoisotopic (exact) mass is 239 g/mol. The fraction of sp³-hybridized carbons (Fsp3) is 0.417. The molecule has 0 aromatic heterocycles. The number of hydrogen-bond donors (Lipinski definition) is 2. The number of hydrogen-bond acceptors (Lipinski definition) is 3. The third-order valence-corrected chi connectivity index (χ3v) is 4.19. The smallest absolute Gasteiger partial charge is 0.0823 e. The summed E-state index contributed by atoms with van der Waals surface area (Å²) in [5.74, 6) is 0. The van der Waals surface area contributed by atoms with Crippen LogP contribution in [0.4, 0.5) is 0 Å². The van der Waals surface area contributed by atoms with Crippen molar-refractivity contribution in [1.29, 1.82) is 0 Å². The Kier molecular flexibility index (Phi) is 3.33. The first-order valence-electron chi connectivity index (χ1n) is 5.50. The van der Waals surface area contributed by atoms with Gasteiger partial charge in [0.25, 0.3) is 0 Å². The summed E-state index contributed by atoms with van der Waals surface area (Å²) in [6, 6.07) is 7.23. The van der Waals surface area contributed by atoms with Crippen molar-refractivity contribution >= 4 is 16.5 Å². The van der Waals surface area contributed by atoms with Crippen molar-refractivity contribution in [3.8, 4) is 0 Å². The molecule has 1 saturated carbocycles. The Morgan fingerprint density at radius 3 is 2.19 bits per heavy atom. The minimum atomic E-state index is -2.97. The Morgan fingerprint density at radius 2 is 1.62 bits per heavy atom. The fourth-order valence-electron chi connectivity index (χ4n) is 1.83. The summed E-state index contributed by atoms with van der Waals surface area (Å²) < 4.78 is 24.1. The summed E-state index contributed by atoms with van der Waals surface area (Å²) in [6.07, 6.45) is 4.04. The lowest BCUT2D eigenvalue weighted by Gasteiger charge is -2.27. The first-order valence-corrected chi connectivity index (χ1v) is 7.01. The quantitative estimate of drug-likeness (QED) is 0.818. The van der Waals surface area contributed by atoms with Crippen molar-refractivity contribution in [2.75, 3.05) is 0 Å². The van der Waals surface area contributed by atoms with Crippen molar-refractivity contribution in [2.45, 2.75) is 37.5 Å². The van der Waals surface area contributed by atoms with E-state index < -0.39 is 10.8 Å². The van der Waals surface area contributed by atoms with Crippen LogP contribution >= 0.6 is 10.8 Å². The van der Waals surface area contributed by atoms with E-state index in [0.29, 0.717) is 4.90 Å². The van der Waals surface area contributed by atoms with E-state index in [-0.39, 0.29) is 0 Å². The van der Waals surface area contributed by atoms with Crippen LogP contribution in [-0.2, 0) is 0 Å². The molecule has 0 unspecified atom stereocenters. The molecule has 0 aliphatic heterocycles. The number of rotatable bonds is 2. The molecule has 1 aromatic rings. The lowest BCUT2D eigenvalue weighted by Crippen LogP contribution is -1.99. The Labute approximate surface area is 97.7 Å². The predicted molar refractivity (Wildman–Crippen MR) is 68.2 cm³/mol. The Hall–Kier alpha value is -0.840. The molecule has 2 N–H and O–H groups in total. The van der Waals surface area contributed by atoms with Gasteiger partial charge in [0.2, 0.25) is 0 Å². The molecular formula is C12H17NO2S. The van der Waals surface area contributed by atoms with Gasteiger partial charge in [-0.1, -0.05) is 28.5 Å². The third kappa shape index (κ3) is 2.64. The summed E-state index contributed by atoms with van der Waals surface area (Å²) in [5, 5.41) is 0. The maximum Gasteiger partial charge on any atom is 0.0823 e. The van der Waals surface area contributed by atoms with Crippen LogP contribution < -0.4 is 0 Å². The highest BCUT2D eigenvalue weighted by Crippen LogP contribution is 2.50. The summed E-state index contributed by atoms with van der Waals surface area (Å²) in [6.45, 7) is 1.97. The van der Waals surface area contributed by atoms with Gasteiger partial charge < -0.3 is 0 Å². The minimum absolute atomic E-state index is 0.512. The molecular weight excluding hydrogens is 222 g/mol. The van der Waals surface area contributed by atoms with Crippen LogP contribution in [0.5, 0.6) is 0 Å². The van der Waals surface area contributed by atoms with Crippen molar-refractivity contribution in [2.24, 2.45) is 4.40 Å². The molecule has 1 aliphatic rings. The molecule has 1 aliphatic carbocycles. The fourth-order valence-corrected chi connectivity index (χ4v) is 2.98. The molecule has 0 spiro atoms. The average Bonchev–Trinajstić information content (AvgIpc) is 2.70. The second kappa shape index (κ2) is 4.57. The van der Waals surface area contributed by atoms with Crippen molar-refractivity contribution in [3.63, 3.8) is 0 Å². The molecule has 0 amide bonds. The van der Waals surface area contributed by atoms with Crippen LogP contribution in [-0.4, -0.2) is 14.8 Å². The Morgan fingerprint density at radius 1 is 1.06 bits per heavy atom. The molecule has 0 atom stereocenters. The van der Waals surface area contributed by atoms with Crippen LogP contribution in [0, 0.1) is 6.92 Å². The van der Waals surface area contributed by atoms with E-state index >= 15 is 0 Å². The average molecular weight is 239 g/mol. The van der Waals surface area contributed by atoms with E-state index in [1.807, 2.05) is 19.1 Å². The minimum Gasteiger partial charge on any atom is -0.276 e. The normalized spacial score (nSPS) is 17.6. The largest absolute Gasteiger partial charge is 0.276 e. The molecule has 2 rings (SSSR count). The molecule has 16 heavy (non-hydrogen) atoms. The van der Waals surface area contributed by atoms with Gasteiger partial charge in [-0.2, -0.15) is 4.40 Å². The first kappa shape index (κ1) is 11.6. The van der Waals surface area contributed by atoms with Crippen LogP contribution in [0.25, 0.3) is 0 Å². The van der Waals surface area contributed by atoms with E-state index in [1.165, 1.54) is 0 Å². The second-order valence-corrected chi connectivity index (χ2v) is 5.89. The lowest BCUT2D eigenvalue weighted by atomic mass is 10.2. The first-order chi connectivity index (χ1) is 7.58. The van der Waals surface area contributed by atoms with Gasteiger partial charge in [0.15, 0.2) is 0 Å². The highest BCUT2D eigenvalue weighted by atomic mass is 32.3. The van der Waals surface area contributed by atoms with E-state index in [4.69, 9.17) is 0 Å². The van der Waals surface area contributed by atoms with Gasteiger partial charge in [0, 0.05) is 5.71 Å². The number of benzene rings is 1. The Bertz CT molecular complexity index is 390. The van der Waals surface area contributed by atoms with E-state index in [1.54, 1.807) is 12.1 Å². The van der Waals surface area contributed by atoms with Gasteiger partial charge in [0.05, 0.1) is 4.90 Å². The molecule has 0 heterocycles. The van der Waals surface area contributed by atoms with Crippen LogP contribution in [0.3, 0.4) is 0 Å². The van der Waals surface area contributed by atoms with Crippen LogP contribution in [0.15, 0.2) is 33.6 Å². The lowest BCUT2D eigenvalue weighted by molar-refractivity contribution is 0.489. The van der Waals surface area contributed by atoms with Crippen LogP contribution in [0.2, 0.25) is 0 Å². The van der Waals surface area contributed by atoms with Gasteiger partial charge in [0.1, 0.15) is 0 Å². The van der Waals surface area contributed by atoms with E-state index in [0.717, 1.165) is 37.0 Å². The second-order valence-electron chi connectivity index (χ2n) is 4.20. The Balaban J connectivity index is 2.23. The molecule has 88 valence electrons. The zero-order valence-corrected chi connectivity index (χ0v) is 10.2. The molecule has 0 saturated heterocycles. The maximum absolute atomic E-state index is 9.99. The zero-order valence-electron chi connectivity index (χ0n) is 9.39. The topological polar surface area (TPSA) is 52.8 Å². The zero-order chi connectivity index (χ0) is 11.6. The molecule has 1 fully saturated rings. The number of nitrogens with zero attached hydrogens (tertiary/aromatic N) is 1. The molecule has 1 aromatic carbocycles.